The molecule has 0 bridgehead atoms. The first-order valence-corrected chi connectivity index (χ1v) is 1.22. The van der Waals surface area contributed by atoms with Crippen molar-refractivity contribution in [3.63, 3.8) is 0 Å². The van der Waals surface area contributed by atoms with E-state index in [4.69, 9.17) is 0 Å². The first-order valence-electron chi connectivity index (χ1n) is 0.408. The van der Waals surface area contributed by atoms with E-state index in [0.717, 1.165) is 0 Å². The van der Waals surface area contributed by atoms with Gasteiger partial charge in [0.25, 0.3) is 0 Å². The van der Waals surface area contributed by atoms with Gasteiger partial charge >= 0.3 is 0 Å². The van der Waals surface area contributed by atoms with Crippen molar-refractivity contribution in [3.8, 4) is 0 Å². The molecule has 0 aliphatic heterocycles. The van der Waals surface area contributed by atoms with Crippen molar-refractivity contribution >= 4 is 12.6 Å². The first-order chi connectivity index (χ1) is 1.00. The molecular weight excluding hydrogens is 146 g/mol. The van der Waals surface area contributed by atoms with Crippen LogP contribution in [0.3, 0.4) is 0 Å². The molecule has 40 valence electrons. The summed E-state index contributed by atoms with van der Waals surface area (Å²) in [4.78, 5) is 0. The predicted molar refractivity (Wildman–Crippen MR) is 32.5 cm³/mol. The summed E-state index contributed by atoms with van der Waals surface area (Å²) in [6.45, 7) is 0. The Morgan fingerprint density at radius 1 is 0.833 bits per heavy atom. The maximum absolute atomic E-state index is 4.08. The van der Waals surface area contributed by atoms with E-state index in [9.17, 15) is 0 Å². The fourth-order valence-electron chi connectivity index (χ4n) is 0. The maximum Gasteiger partial charge on any atom is 0 e. The van der Waals surface area contributed by atoms with Crippen LogP contribution < -0.4 is 0 Å². The van der Waals surface area contributed by atoms with Crippen LogP contribution in [-0.2, 0) is 32.1 Å². The molecule has 0 amide bonds. The Bertz CT molecular complexity index is 7.51. The molecule has 0 nitrogen and oxygen atoms in total. The van der Waals surface area contributed by atoms with E-state index in [0.29, 0.717) is 0 Å². The van der Waals surface area contributed by atoms with Crippen molar-refractivity contribution in [3.05, 3.63) is 22.3 Å². The van der Waals surface area contributed by atoms with Gasteiger partial charge in [-0.15, -0.1) is 0 Å². The van der Waals surface area contributed by atoms with Gasteiger partial charge in [-0.25, -0.2) is 0 Å². The summed E-state index contributed by atoms with van der Waals surface area (Å²) in [6.07, 6.45) is 1.58. The molecule has 0 fully saturated rings. The Hall–Kier alpha value is 0.973. The van der Waals surface area contributed by atoms with Crippen molar-refractivity contribution in [2.24, 2.45) is 0 Å². The average Bonchev–Trinajstić information content (AvgIpc) is 1.00. The van der Waals surface area contributed by atoms with Gasteiger partial charge in [-0.3, -0.25) is 0 Å². The third kappa shape index (κ3) is 82.9. The van der Waals surface area contributed by atoms with Crippen LogP contribution in [0.4, 0.5) is 0 Å². The second kappa shape index (κ2) is 156. The van der Waals surface area contributed by atoms with Crippen LogP contribution in [0.15, 0.2) is 0 Å². The van der Waals surface area contributed by atoms with Gasteiger partial charge in [-0.2, -0.15) is 6.26 Å². The number of hydrogen-bond donors (Lipinski definition) is 0. The van der Waals surface area contributed by atoms with E-state index in [1.54, 1.807) is 6.26 Å². The third-order valence-electron chi connectivity index (χ3n) is 0. The molecule has 0 aliphatic rings. The van der Waals surface area contributed by atoms with Gasteiger partial charge in [-0.1, -0.05) is 0 Å². The van der Waals surface area contributed by atoms with Gasteiger partial charge in [0.05, 0.1) is 0 Å². The molecular formula is C4H12SZn-4. The molecule has 0 aromatic carbocycles. The fourth-order valence-corrected chi connectivity index (χ4v) is 0. The Kier molecular flexibility index (Phi) is 1660. The summed E-state index contributed by atoms with van der Waals surface area (Å²) >= 11 is 4.08. The largest absolute Gasteiger partial charge is 0.796 e. The van der Waals surface area contributed by atoms with Gasteiger partial charge in [-0.05, 0) is 0 Å². The Labute approximate surface area is 60.9 Å². The van der Waals surface area contributed by atoms with Gasteiger partial charge in [0.2, 0.25) is 0 Å². The van der Waals surface area contributed by atoms with E-state index in [2.05, 4.69) is 12.6 Å². The van der Waals surface area contributed by atoms with Crippen molar-refractivity contribution in [2.45, 2.75) is 0 Å². The monoisotopic (exact) mass is 156 g/mol. The molecule has 0 aromatic heterocycles. The van der Waals surface area contributed by atoms with Crippen molar-refractivity contribution in [1.82, 2.24) is 0 Å². The molecule has 0 aromatic rings. The maximum atomic E-state index is 4.08. The van der Waals surface area contributed by atoms with Crippen molar-refractivity contribution < 1.29 is 19.5 Å². The first kappa shape index (κ1) is 63.9. The van der Waals surface area contributed by atoms with Crippen molar-refractivity contribution in [1.29, 1.82) is 0 Å². The Morgan fingerprint density at radius 3 is 0.833 bits per heavy atom. The summed E-state index contributed by atoms with van der Waals surface area (Å²) in [5.41, 5.74) is 0. The van der Waals surface area contributed by atoms with E-state index >= 15 is 0 Å². The molecule has 2 heteroatoms. The second-order valence-electron chi connectivity index (χ2n) is 0. The molecule has 0 saturated heterocycles. The van der Waals surface area contributed by atoms with E-state index in [1.165, 1.54) is 0 Å². The quantitative estimate of drug-likeness (QED) is 0.292. The minimum Gasteiger partial charge on any atom is -0.796 e. The normalized spacial score (nSPS) is 1.00. The molecule has 0 aliphatic carbocycles. The molecule has 0 spiro atoms. The average molecular weight is 158 g/mol. The summed E-state index contributed by atoms with van der Waals surface area (Å²) in [7, 11) is 0. The van der Waals surface area contributed by atoms with E-state index in [-0.39, 0.29) is 41.8 Å². The van der Waals surface area contributed by atoms with Crippen LogP contribution in [0, 0.1) is 22.3 Å². The SMILES string of the molecule is C[S-].[CH3-].[CH3-].[CH3-].[Zn]. The zero-order valence-corrected chi connectivity index (χ0v) is 8.90. The van der Waals surface area contributed by atoms with Gasteiger partial charge < -0.3 is 34.9 Å². The Morgan fingerprint density at radius 2 is 0.833 bits per heavy atom. The van der Waals surface area contributed by atoms with Gasteiger partial charge in [0.1, 0.15) is 0 Å². The molecule has 0 atom stereocenters. The molecule has 0 rings (SSSR count). The van der Waals surface area contributed by atoms with Crippen LogP contribution in [-0.4, -0.2) is 6.26 Å². The van der Waals surface area contributed by atoms with E-state index < -0.39 is 0 Å². The van der Waals surface area contributed by atoms with E-state index in [1.807, 2.05) is 0 Å². The van der Waals surface area contributed by atoms with Crippen LogP contribution in [0.2, 0.25) is 0 Å². The summed E-state index contributed by atoms with van der Waals surface area (Å²) in [6, 6.07) is 0. The molecule has 0 radical (unpaired) electrons. The summed E-state index contributed by atoms with van der Waals surface area (Å²) < 4.78 is 0. The number of rotatable bonds is 0. The van der Waals surface area contributed by atoms with Gasteiger partial charge in [0.15, 0.2) is 0 Å². The smallest absolute Gasteiger partial charge is 0 e. The van der Waals surface area contributed by atoms with Gasteiger partial charge in [0, 0.05) is 19.5 Å². The van der Waals surface area contributed by atoms with Crippen LogP contribution in [0.1, 0.15) is 0 Å². The fraction of sp³-hybridized carbons (Fsp3) is 0.250. The minimum atomic E-state index is 0. The Balaban J connectivity index is -0.000000000833. The summed E-state index contributed by atoms with van der Waals surface area (Å²) in [5, 5.41) is 0. The third-order valence-corrected chi connectivity index (χ3v) is 0. The molecule has 0 saturated carbocycles. The van der Waals surface area contributed by atoms with Crippen LogP contribution >= 0.6 is 0 Å². The van der Waals surface area contributed by atoms with Crippen LogP contribution in [0.5, 0.6) is 0 Å². The topological polar surface area (TPSA) is 0 Å². The molecule has 0 N–H and O–H groups in total. The zero-order valence-electron chi connectivity index (χ0n) is 5.12. The minimum absolute atomic E-state index is 0. The predicted octanol–water partition coefficient (Wildman–Crippen LogP) is 1.51. The molecule has 0 unspecified atom stereocenters. The van der Waals surface area contributed by atoms with Crippen LogP contribution in [0.25, 0.3) is 0 Å². The second-order valence-corrected chi connectivity index (χ2v) is 0. The molecule has 6 heavy (non-hydrogen) atoms. The molecule has 0 heterocycles. The summed E-state index contributed by atoms with van der Waals surface area (Å²) in [5.74, 6) is 0. The number of hydrogen-bond acceptors (Lipinski definition) is 1. The zero-order chi connectivity index (χ0) is 2.00. The standard InChI is InChI=1S/CH4S.3CH3.Zn/c1-2;;;;/h2H,1H3;3*1H3;/q;3*-1;/p-1. The van der Waals surface area contributed by atoms with Crippen molar-refractivity contribution in [2.75, 3.05) is 6.26 Å².